The average Bonchev–Trinajstić information content (AvgIpc) is 3.02. The van der Waals surface area contributed by atoms with Crippen LogP contribution in [0.2, 0.25) is 0 Å². The minimum atomic E-state index is 0.490. The molecule has 0 spiro atoms. The maximum absolute atomic E-state index is 6.01. The van der Waals surface area contributed by atoms with Crippen molar-refractivity contribution in [2.75, 3.05) is 11.6 Å². The number of allylic oxidation sites excluding steroid dienone is 1. The van der Waals surface area contributed by atoms with Crippen LogP contribution in [0.1, 0.15) is 39.5 Å². The van der Waals surface area contributed by atoms with Gasteiger partial charge in [0.05, 0.1) is 37.0 Å². The molecule has 2 heterocycles. The van der Waals surface area contributed by atoms with Gasteiger partial charge in [-0.05, 0) is 43.7 Å². The van der Waals surface area contributed by atoms with Crippen molar-refractivity contribution in [3.05, 3.63) is 48.6 Å². The van der Waals surface area contributed by atoms with Gasteiger partial charge in [-0.15, -0.1) is 4.59 Å². The average molecular weight is 351 g/mol. The lowest BCUT2D eigenvalue weighted by Gasteiger charge is -2.46. The lowest BCUT2D eigenvalue weighted by Crippen LogP contribution is -2.61. The Balaban J connectivity index is 1.64. The Bertz CT molecular complexity index is 776. The van der Waals surface area contributed by atoms with Crippen LogP contribution in [-0.4, -0.2) is 29.8 Å². The van der Waals surface area contributed by atoms with E-state index in [2.05, 4.69) is 53.2 Å². The van der Waals surface area contributed by atoms with Crippen molar-refractivity contribution < 1.29 is 9.33 Å². The fourth-order valence-electron chi connectivity index (χ4n) is 3.56. The van der Waals surface area contributed by atoms with E-state index in [4.69, 9.17) is 4.74 Å². The van der Waals surface area contributed by atoms with Crippen LogP contribution in [0.5, 0.6) is 5.75 Å². The Morgan fingerprint density at radius 3 is 2.92 bits per heavy atom. The van der Waals surface area contributed by atoms with Gasteiger partial charge in [-0.25, -0.2) is 10.0 Å². The molecule has 0 saturated heterocycles. The summed E-state index contributed by atoms with van der Waals surface area (Å²) >= 11 is 0. The minimum Gasteiger partial charge on any atom is -0.494 e. The van der Waals surface area contributed by atoms with Crippen LogP contribution in [0.3, 0.4) is 0 Å². The summed E-state index contributed by atoms with van der Waals surface area (Å²) in [6.07, 6.45) is 14.5. The van der Waals surface area contributed by atoms with Crippen molar-refractivity contribution in [2.24, 2.45) is 15.9 Å². The third kappa shape index (κ3) is 3.07. The van der Waals surface area contributed by atoms with E-state index in [1.807, 2.05) is 31.0 Å². The molecule has 26 heavy (non-hydrogen) atoms. The van der Waals surface area contributed by atoms with E-state index in [9.17, 15) is 0 Å². The second-order valence-corrected chi connectivity index (χ2v) is 7.59. The lowest BCUT2D eigenvalue weighted by molar-refractivity contribution is -0.746. The van der Waals surface area contributed by atoms with Gasteiger partial charge in [-0.2, -0.15) is 0 Å². The van der Waals surface area contributed by atoms with E-state index in [-0.39, 0.29) is 0 Å². The molecule has 5 heteroatoms. The molecular formula is C21H27N4O+. The number of benzene rings is 1. The molecule has 0 amide bonds. The monoisotopic (exact) mass is 351 g/mol. The molecule has 1 aromatic carbocycles. The van der Waals surface area contributed by atoms with Gasteiger partial charge in [0.25, 0.3) is 0 Å². The van der Waals surface area contributed by atoms with Crippen molar-refractivity contribution in [1.82, 2.24) is 0 Å². The highest BCUT2D eigenvalue weighted by molar-refractivity contribution is 5.82. The molecule has 0 bridgehead atoms. The Hall–Kier alpha value is -2.40. The third-order valence-corrected chi connectivity index (χ3v) is 5.27. The van der Waals surface area contributed by atoms with Crippen molar-refractivity contribution in [3.63, 3.8) is 0 Å². The molecule has 5 nitrogen and oxygen atoms in total. The quantitative estimate of drug-likeness (QED) is 0.671. The molecule has 2 aliphatic heterocycles. The van der Waals surface area contributed by atoms with Crippen LogP contribution < -0.4 is 9.75 Å². The first-order chi connectivity index (χ1) is 12.7. The van der Waals surface area contributed by atoms with Gasteiger partial charge in [0, 0.05) is 6.07 Å². The zero-order valence-corrected chi connectivity index (χ0v) is 15.6. The summed E-state index contributed by atoms with van der Waals surface area (Å²) in [6.45, 7) is 5.20. The van der Waals surface area contributed by atoms with Gasteiger partial charge in [0.1, 0.15) is 5.75 Å². The summed E-state index contributed by atoms with van der Waals surface area (Å²) in [7, 11) is 0. The first-order valence-electron chi connectivity index (χ1n) is 9.56. The molecule has 136 valence electrons. The van der Waals surface area contributed by atoms with E-state index >= 15 is 0 Å². The largest absolute Gasteiger partial charge is 0.494 e. The number of nitrogens with zero attached hydrogens (tertiary/aromatic N) is 4. The molecule has 0 radical (unpaired) electrons. The van der Waals surface area contributed by atoms with E-state index in [0.717, 1.165) is 30.2 Å². The molecular weight excluding hydrogens is 324 g/mol. The summed E-state index contributed by atoms with van der Waals surface area (Å²) in [5.74, 6) is 1.58. The number of anilines is 1. The van der Waals surface area contributed by atoms with Gasteiger partial charge >= 0.3 is 0 Å². The molecule has 1 unspecified atom stereocenters. The Morgan fingerprint density at radius 2 is 2.15 bits per heavy atom. The van der Waals surface area contributed by atoms with Crippen LogP contribution >= 0.6 is 0 Å². The van der Waals surface area contributed by atoms with Crippen molar-refractivity contribution in [2.45, 2.75) is 45.6 Å². The number of ether oxygens (including phenoxy) is 1. The number of quaternary nitrogens is 1. The fourth-order valence-corrected chi connectivity index (χ4v) is 3.56. The lowest BCUT2D eigenvalue weighted by atomic mass is 9.91. The molecule has 4 rings (SSSR count). The SMILES string of the molecule is CC(C)CCOc1cccc(N(C2CCC2)[N+]23C=CN=CC2=CN=C3)c1. The smallest absolute Gasteiger partial charge is 0.225 e. The number of hydrogen-bond donors (Lipinski definition) is 0. The van der Waals surface area contributed by atoms with E-state index in [0.29, 0.717) is 16.6 Å². The van der Waals surface area contributed by atoms with Crippen LogP contribution in [0.25, 0.3) is 0 Å². The maximum atomic E-state index is 6.01. The summed E-state index contributed by atoms with van der Waals surface area (Å²) < 4.78 is 6.50. The van der Waals surface area contributed by atoms with Gasteiger partial charge in [-0.1, -0.05) is 19.9 Å². The highest BCUT2D eigenvalue weighted by atomic mass is 16.5. The van der Waals surface area contributed by atoms with Crippen molar-refractivity contribution >= 4 is 18.2 Å². The molecule has 0 N–H and O–H groups in total. The fraction of sp³-hybridized carbons (Fsp3) is 0.429. The zero-order valence-electron chi connectivity index (χ0n) is 15.6. The molecule has 3 aliphatic rings. The second-order valence-electron chi connectivity index (χ2n) is 7.59. The third-order valence-electron chi connectivity index (χ3n) is 5.27. The van der Waals surface area contributed by atoms with Gasteiger partial charge < -0.3 is 4.74 Å². The van der Waals surface area contributed by atoms with Crippen molar-refractivity contribution in [3.8, 4) is 5.75 Å². The second kappa shape index (κ2) is 7.08. The van der Waals surface area contributed by atoms with Gasteiger partial charge in [-0.3, -0.25) is 4.99 Å². The normalized spacial score (nSPS) is 23.7. The van der Waals surface area contributed by atoms with Crippen LogP contribution in [0, 0.1) is 5.92 Å². The molecule has 1 fully saturated rings. The number of aliphatic imine (C=N–C) groups is 2. The summed E-state index contributed by atoms with van der Waals surface area (Å²) in [4.78, 5) is 8.75. The highest BCUT2D eigenvalue weighted by Crippen LogP contribution is 2.39. The van der Waals surface area contributed by atoms with E-state index in [1.54, 1.807) is 0 Å². The predicted molar refractivity (Wildman–Crippen MR) is 106 cm³/mol. The first kappa shape index (κ1) is 17.0. The minimum absolute atomic E-state index is 0.490. The van der Waals surface area contributed by atoms with E-state index in [1.165, 1.54) is 19.3 Å². The Morgan fingerprint density at radius 1 is 1.27 bits per heavy atom. The Kier molecular flexibility index (Phi) is 4.64. The molecule has 1 aromatic rings. The number of hydrogen-bond acceptors (Lipinski definition) is 4. The van der Waals surface area contributed by atoms with E-state index < -0.39 is 0 Å². The molecule has 1 atom stereocenters. The maximum Gasteiger partial charge on any atom is 0.225 e. The number of rotatable bonds is 7. The van der Waals surface area contributed by atoms with Crippen LogP contribution in [-0.2, 0) is 0 Å². The predicted octanol–water partition coefficient (Wildman–Crippen LogP) is 4.64. The summed E-state index contributed by atoms with van der Waals surface area (Å²) in [5.41, 5.74) is 2.24. The molecule has 0 aromatic heterocycles. The molecule has 1 aliphatic carbocycles. The zero-order chi connectivity index (χ0) is 18.0. The standard InChI is InChI=1S/C21H27N4O/c1-17(2)9-12-26-21-8-4-7-19(13-21)24(18-5-3-6-18)25-11-10-22-14-20(25)15-23-16-25/h4,7-8,10-11,13-18H,3,5-6,9,12H2,1-2H3/q+1. The topological polar surface area (TPSA) is 37.2 Å². The van der Waals surface area contributed by atoms with Gasteiger partial charge in [0.15, 0.2) is 6.20 Å². The summed E-state index contributed by atoms with van der Waals surface area (Å²) in [6, 6.07) is 8.96. The highest BCUT2D eigenvalue weighted by Gasteiger charge is 2.46. The molecule has 1 saturated carbocycles. The Labute approximate surface area is 155 Å². The van der Waals surface area contributed by atoms with Crippen LogP contribution in [0.15, 0.2) is 58.5 Å². The van der Waals surface area contributed by atoms with Crippen molar-refractivity contribution in [1.29, 1.82) is 0 Å². The summed E-state index contributed by atoms with van der Waals surface area (Å²) in [5, 5.41) is 2.45. The van der Waals surface area contributed by atoms with Crippen LogP contribution in [0.4, 0.5) is 5.69 Å². The van der Waals surface area contributed by atoms with Gasteiger partial charge in [0.2, 0.25) is 12.0 Å². The number of fused-ring (bicyclic) bond motifs is 1. The first-order valence-corrected chi connectivity index (χ1v) is 9.56.